The number of nitrogens with zero attached hydrogens (tertiary/aromatic N) is 2. The summed E-state index contributed by atoms with van der Waals surface area (Å²) in [6.07, 6.45) is 0.119. The SMILES string of the molecule is CCOC(=O)CCn1nc(OC)ccc1=O. The summed E-state index contributed by atoms with van der Waals surface area (Å²) in [4.78, 5) is 22.4. The number of methoxy groups -OCH3 is 1. The second-order valence-corrected chi connectivity index (χ2v) is 2.99. The van der Waals surface area contributed by atoms with Crippen LogP contribution in [0, 0.1) is 0 Å². The molecule has 0 aliphatic carbocycles. The van der Waals surface area contributed by atoms with Crippen LogP contribution < -0.4 is 10.3 Å². The van der Waals surface area contributed by atoms with Gasteiger partial charge < -0.3 is 9.47 Å². The van der Waals surface area contributed by atoms with Gasteiger partial charge in [0.1, 0.15) is 0 Å². The maximum atomic E-state index is 11.4. The predicted molar refractivity (Wildman–Crippen MR) is 56.3 cm³/mol. The monoisotopic (exact) mass is 226 g/mol. The normalized spacial score (nSPS) is 9.88. The molecule has 0 unspecified atom stereocenters. The van der Waals surface area contributed by atoms with Crippen LogP contribution in [-0.2, 0) is 16.1 Å². The van der Waals surface area contributed by atoms with E-state index in [2.05, 4.69) is 5.10 Å². The summed E-state index contributed by atoms with van der Waals surface area (Å²) in [7, 11) is 1.46. The molecule has 6 heteroatoms. The first-order valence-electron chi connectivity index (χ1n) is 4.95. The zero-order chi connectivity index (χ0) is 12.0. The molecule has 16 heavy (non-hydrogen) atoms. The highest BCUT2D eigenvalue weighted by Crippen LogP contribution is 2.00. The molecule has 6 nitrogen and oxygen atoms in total. The third kappa shape index (κ3) is 3.38. The van der Waals surface area contributed by atoms with E-state index in [1.807, 2.05) is 0 Å². The van der Waals surface area contributed by atoms with E-state index in [9.17, 15) is 9.59 Å². The number of ether oxygens (including phenoxy) is 2. The van der Waals surface area contributed by atoms with Crippen LogP contribution in [0.25, 0.3) is 0 Å². The van der Waals surface area contributed by atoms with Gasteiger partial charge in [0.25, 0.3) is 5.56 Å². The lowest BCUT2D eigenvalue weighted by atomic mass is 10.4. The van der Waals surface area contributed by atoms with Crippen molar-refractivity contribution in [2.75, 3.05) is 13.7 Å². The van der Waals surface area contributed by atoms with Crippen LogP contribution in [-0.4, -0.2) is 29.5 Å². The molecule has 1 aromatic heterocycles. The average molecular weight is 226 g/mol. The van der Waals surface area contributed by atoms with Crippen molar-refractivity contribution < 1.29 is 14.3 Å². The molecular weight excluding hydrogens is 212 g/mol. The Morgan fingerprint density at radius 3 is 2.88 bits per heavy atom. The Kier molecular flexibility index (Phi) is 4.50. The minimum Gasteiger partial charge on any atom is -0.480 e. The van der Waals surface area contributed by atoms with Crippen molar-refractivity contribution in [3.8, 4) is 5.88 Å². The lowest BCUT2D eigenvalue weighted by Crippen LogP contribution is -2.23. The zero-order valence-corrected chi connectivity index (χ0v) is 9.30. The van der Waals surface area contributed by atoms with E-state index < -0.39 is 0 Å². The number of aryl methyl sites for hydroxylation is 1. The van der Waals surface area contributed by atoms with Crippen LogP contribution in [0.1, 0.15) is 13.3 Å². The van der Waals surface area contributed by atoms with E-state index in [0.29, 0.717) is 12.5 Å². The van der Waals surface area contributed by atoms with Crippen LogP contribution in [0.2, 0.25) is 0 Å². The average Bonchev–Trinajstić information content (AvgIpc) is 2.28. The molecule has 0 aromatic carbocycles. The highest BCUT2D eigenvalue weighted by molar-refractivity contribution is 5.69. The molecule has 0 saturated heterocycles. The largest absolute Gasteiger partial charge is 0.480 e. The number of esters is 1. The number of hydrogen-bond donors (Lipinski definition) is 0. The van der Waals surface area contributed by atoms with Crippen molar-refractivity contribution in [3.63, 3.8) is 0 Å². The molecule has 0 amide bonds. The lowest BCUT2D eigenvalue weighted by molar-refractivity contribution is -0.143. The van der Waals surface area contributed by atoms with Crippen molar-refractivity contribution in [2.45, 2.75) is 19.9 Å². The number of carbonyl (C=O) groups is 1. The zero-order valence-electron chi connectivity index (χ0n) is 9.30. The van der Waals surface area contributed by atoms with E-state index in [1.54, 1.807) is 6.92 Å². The van der Waals surface area contributed by atoms with Gasteiger partial charge in [-0.05, 0) is 6.92 Å². The molecule has 1 heterocycles. The first kappa shape index (κ1) is 12.2. The Bertz CT molecular complexity index is 414. The summed E-state index contributed by atoms with van der Waals surface area (Å²) in [5.41, 5.74) is -0.273. The second kappa shape index (κ2) is 5.89. The topological polar surface area (TPSA) is 70.4 Å². The highest BCUT2D eigenvalue weighted by atomic mass is 16.5. The number of hydrogen-bond acceptors (Lipinski definition) is 5. The summed E-state index contributed by atoms with van der Waals surface area (Å²) >= 11 is 0. The third-order valence-electron chi connectivity index (χ3n) is 1.88. The van der Waals surface area contributed by atoms with Crippen molar-refractivity contribution in [1.82, 2.24) is 9.78 Å². The summed E-state index contributed by atoms with van der Waals surface area (Å²) in [6, 6.07) is 2.82. The molecule has 1 aromatic rings. The van der Waals surface area contributed by atoms with Crippen LogP contribution in [0.15, 0.2) is 16.9 Å². The third-order valence-corrected chi connectivity index (χ3v) is 1.88. The Morgan fingerprint density at radius 2 is 2.25 bits per heavy atom. The summed E-state index contributed by atoms with van der Waals surface area (Å²) in [5, 5.41) is 3.90. The quantitative estimate of drug-likeness (QED) is 0.671. The van der Waals surface area contributed by atoms with Crippen molar-refractivity contribution >= 4 is 5.97 Å². The molecule has 0 fully saturated rings. The minimum absolute atomic E-state index is 0.119. The number of rotatable bonds is 5. The van der Waals surface area contributed by atoms with Gasteiger partial charge >= 0.3 is 5.97 Å². The Hall–Kier alpha value is -1.85. The molecule has 0 radical (unpaired) electrons. The van der Waals surface area contributed by atoms with Gasteiger partial charge in [-0.1, -0.05) is 0 Å². The van der Waals surface area contributed by atoms with E-state index in [-0.39, 0.29) is 24.5 Å². The smallest absolute Gasteiger partial charge is 0.307 e. The van der Waals surface area contributed by atoms with Crippen LogP contribution >= 0.6 is 0 Å². The van der Waals surface area contributed by atoms with Gasteiger partial charge in [-0.3, -0.25) is 9.59 Å². The van der Waals surface area contributed by atoms with Crippen molar-refractivity contribution in [2.24, 2.45) is 0 Å². The second-order valence-electron chi connectivity index (χ2n) is 2.99. The van der Waals surface area contributed by atoms with Crippen LogP contribution in [0.3, 0.4) is 0 Å². The Balaban J connectivity index is 2.66. The fourth-order valence-electron chi connectivity index (χ4n) is 1.13. The molecule has 0 saturated carbocycles. The summed E-state index contributed by atoms with van der Waals surface area (Å²) in [6.45, 7) is 2.25. The molecular formula is C10H14N2O4. The summed E-state index contributed by atoms with van der Waals surface area (Å²) < 4.78 is 10.8. The fourth-order valence-corrected chi connectivity index (χ4v) is 1.13. The maximum Gasteiger partial charge on any atom is 0.307 e. The standard InChI is InChI=1S/C10H14N2O4/c1-3-16-10(14)6-7-12-9(13)5-4-8(11-12)15-2/h4-5H,3,6-7H2,1-2H3. The van der Waals surface area contributed by atoms with E-state index in [1.165, 1.54) is 23.9 Å². The number of carbonyl (C=O) groups excluding carboxylic acids is 1. The first-order chi connectivity index (χ1) is 7.67. The van der Waals surface area contributed by atoms with Gasteiger partial charge in [0, 0.05) is 12.1 Å². The fraction of sp³-hybridized carbons (Fsp3) is 0.500. The van der Waals surface area contributed by atoms with E-state index in [0.717, 1.165) is 0 Å². The van der Waals surface area contributed by atoms with Gasteiger partial charge in [-0.15, -0.1) is 5.10 Å². The molecule has 1 rings (SSSR count). The number of aromatic nitrogens is 2. The minimum atomic E-state index is -0.348. The predicted octanol–water partition coefficient (Wildman–Crippen LogP) is 0.205. The Morgan fingerprint density at radius 1 is 1.50 bits per heavy atom. The van der Waals surface area contributed by atoms with Gasteiger partial charge in [0.15, 0.2) is 0 Å². The van der Waals surface area contributed by atoms with Gasteiger partial charge in [0.05, 0.1) is 26.7 Å². The molecule has 0 atom stereocenters. The van der Waals surface area contributed by atoms with E-state index in [4.69, 9.17) is 9.47 Å². The van der Waals surface area contributed by atoms with Crippen LogP contribution in [0.4, 0.5) is 0 Å². The van der Waals surface area contributed by atoms with Gasteiger partial charge in [-0.25, -0.2) is 4.68 Å². The first-order valence-corrected chi connectivity index (χ1v) is 4.95. The summed E-state index contributed by atoms with van der Waals surface area (Å²) in [5.74, 6) is -0.0116. The van der Waals surface area contributed by atoms with Gasteiger partial charge in [-0.2, -0.15) is 0 Å². The molecule has 0 aliphatic heterocycles. The molecule has 0 spiro atoms. The van der Waals surface area contributed by atoms with E-state index >= 15 is 0 Å². The Labute approximate surface area is 92.8 Å². The van der Waals surface area contributed by atoms with Crippen molar-refractivity contribution in [1.29, 1.82) is 0 Å². The molecule has 0 N–H and O–H groups in total. The lowest BCUT2D eigenvalue weighted by Gasteiger charge is -2.05. The molecule has 0 aliphatic rings. The van der Waals surface area contributed by atoms with Gasteiger partial charge in [0.2, 0.25) is 5.88 Å². The van der Waals surface area contributed by atoms with Crippen LogP contribution in [0.5, 0.6) is 5.88 Å². The van der Waals surface area contributed by atoms with Crippen molar-refractivity contribution in [3.05, 3.63) is 22.5 Å². The molecule has 88 valence electrons. The maximum absolute atomic E-state index is 11.4. The highest BCUT2D eigenvalue weighted by Gasteiger charge is 2.05. The molecule has 0 bridgehead atoms.